The van der Waals surface area contributed by atoms with Crippen LogP contribution in [0.15, 0.2) is 6.07 Å². The van der Waals surface area contributed by atoms with Crippen molar-refractivity contribution in [2.24, 2.45) is 13.0 Å². The molecule has 1 aromatic rings. The molecular formula is C15H26N4. The normalized spacial score (nSPS) is 22.0. The van der Waals surface area contributed by atoms with Gasteiger partial charge in [0.05, 0.1) is 11.4 Å². The van der Waals surface area contributed by atoms with Crippen LogP contribution >= 0.6 is 0 Å². The van der Waals surface area contributed by atoms with Crippen molar-refractivity contribution in [2.45, 2.75) is 45.2 Å². The fourth-order valence-corrected chi connectivity index (χ4v) is 3.01. The van der Waals surface area contributed by atoms with E-state index < -0.39 is 0 Å². The van der Waals surface area contributed by atoms with E-state index in [9.17, 15) is 0 Å². The number of hydrogen-bond acceptors (Lipinski definition) is 3. The molecule has 4 nitrogen and oxygen atoms in total. The molecule has 1 aromatic heterocycles. The van der Waals surface area contributed by atoms with E-state index in [0.29, 0.717) is 0 Å². The van der Waals surface area contributed by atoms with E-state index in [1.54, 1.807) is 0 Å². The minimum atomic E-state index is 0.857. The molecule has 3 rings (SSSR count). The Morgan fingerprint density at radius 2 is 2.00 bits per heavy atom. The largest absolute Gasteiger partial charge is 0.314 e. The maximum Gasteiger partial charge on any atom is 0.0597 e. The van der Waals surface area contributed by atoms with Crippen molar-refractivity contribution in [3.05, 3.63) is 17.5 Å². The second-order valence-corrected chi connectivity index (χ2v) is 6.30. The van der Waals surface area contributed by atoms with Gasteiger partial charge in [0.15, 0.2) is 0 Å². The molecule has 2 heterocycles. The topological polar surface area (TPSA) is 33.1 Å². The SMILES string of the molecule is Cc1cc(CN2CCC(CNC3CC3)CC2)n(C)n1. The van der Waals surface area contributed by atoms with Crippen molar-refractivity contribution in [1.82, 2.24) is 20.0 Å². The van der Waals surface area contributed by atoms with Crippen LogP contribution in [0.25, 0.3) is 0 Å². The van der Waals surface area contributed by atoms with Crippen LogP contribution in [-0.2, 0) is 13.6 Å². The first kappa shape index (κ1) is 13.1. The van der Waals surface area contributed by atoms with E-state index in [1.165, 1.54) is 51.0 Å². The number of nitrogens with one attached hydrogen (secondary N) is 1. The van der Waals surface area contributed by atoms with Crippen molar-refractivity contribution in [1.29, 1.82) is 0 Å². The fraction of sp³-hybridized carbons (Fsp3) is 0.800. The van der Waals surface area contributed by atoms with E-state index in [4.69, 9.17) is 0 Å². The van der Waals surface area contributed by atoms with Crippen LogP contribution < -0.4 is 5.32 Å². The molecule has 2 aliphatic rings. The molecular weight excluding hydrogens is 236 g/mol. The number of nitrogens with zero attached hydrogens (tertiary/aromatic N) is 3. The van der Waals surface area contributed by atoms with Gasteiger partial charge in [0, 0.05) is 19.6 Å². The average Bonchev–Trinajstić information content (AvgIpc) is 3.16. The first-order valence-corrected chi connectivity index (χ1v) is 7.66. The lowest BCUT2D eigenvalue weighted by molar-refractivity contribution is 0.172. The summed E-state index contributed by atoms with van der Waals surface area (Å²) < 4.78 is 2.02. The highest BCUT2D eigenvalue weighted by Gasteiger charge is 2.24. The molecule has 0 radical (unpaired) electrons. The van der Waals surface area contributed by atoms with E-state index >= 15 is 0 Å². The van der Waals surface area contributed by atoms with Crippen molar-refractivity contribution in [2.75, 3.05) is 19.6 Å². The Morgan fingerprint density at radius 3 is 2.58 bits per heavy atom. The summed E-state index contributed by atoms with van der Waals surface area (Å²) in [6, 6.07) is 3.07. The Hall–Kier alpha value is -0.870. The molecule has 0 amide bonds. The summed E-state index contributed by atoms with van der Waals surface area (Å²) in [7, 11) is 2.05. The summed E-state index contributed by atoms with van der Waals surface area (Å²) in [4.78, 5) is 2.57. The van der Waals surface area contributed by atoms with Crippen molar-refractivity contribution >= 4 is 0 Å². The van der Waals surface area contributed by atoms with Gasteiger partial charge in [-0.15, -0.1) is 0 Å². The maximum absolute atomic E-state index is 4.43. The number of hydrogen-bond donors (Lipinski definition) is 1. The molecule has 1 N–H and O–H groups in total. The van der Waals surface area contributed by atoms with Gasteiger partial charge in [-0.1, -0.05) is 0 Å². The highest BCUT2D eigenvalue weighted by Crippen LogP contribution is 2.22. The monoisotopic (exact) mass is 262 g/mol. The Bertz CT molecular complexity index is 414. The molecule has 0 aromatic carbocycles. The third-order valence-corrected chi connectivity index (χ3v) is 4.46. The first-order chi connectivity index (χ1) is 9.20. The number of rotatable bonds is 5. The quantitative estimate of drug-likeness (QED) is 0.876. The summed E-state index contributed by atoms with van der Waals surface area (Å²) in [6.07, 6.45) is 5.49. The van der Waals surface area contributed by atoms with Crippen LogP contribution in [-0.4, -0.2) is 40.4 Å². The fourth-order valence-electron chi connectivity index (χ4n) is 3.01. The van der Waals surface area contributed by atoms with Gasteiger partial charge < -0.3 is 5.32 Å². The van der Waals surface area contributed by atoms with E-state index in [-0.39, 0.29) is 0 Å². The standard InChI is InChI=1S/C15H26N4/c1-12-9-15(18(2)17-12)11-19-7-5-13(6-8-19)10-16-14-3-4-14/h9,13-14,16H,3-8,10-11H2,1-2H3. The molecule has 0 spiro atoms. The summed E-state index contributed by atoms with van der Waals surface area (Å²) in [5, 5.41) is 8.10. The highest BCUT2D eigenvalue weighted by atomic mass is 15.3. The van der Waals surface area contributed by atoms with Gasteiger partial charge >= 0.3 is 0 Å². The number of likely N-dealkylation sites (tertiary alicyclic amines) is 1. The summed E-state index contributed by atoms with van der Waals surface area (Å²) in [5.74, 6) is 0.894. The predicted molar refractivity (Wildman–Crippen MR) is 77.0 cm³/mol. The predicted octanol–water partition coefficient (Wildman–Crippen LogP) is 1.69. The number of aromatic nitrogens is 2. The van der Waals surface area contributed by atoms with Crippen LogP contribution in [0.4, 0.5) is 0 Å². The molecule has 1 aliphatic heterocycles. The van der Waals surface area contributed by atoms with Crippen molar-refractivity contribution < 1.29 is 0 Å². The molecule has 0 atom stereocenters. The second-order valence-electron chi connectivity index (χ2n) is 6.30. The molecule has 1 saturated heterocycles. The minimum absolute atomic E-state index is 0.857. The van der Waals surface area contributed by atoms with E-state index in [2.05, 4.69) is 35.4 Å². The molecule has 19 heavy (non-hydrogen) atoms. The molecule has 4 heteroatoms. The second kappa shape index (κ2) is 5.63. The van der Waals surface area contributed by atoms with E-state index in [1.807, 2.05) is 4.68 Å². The van der Waals surface area contributed by atoms with Crippen LogP contribution in [0.1, 0.15) is 37.1 Å². The van der Waals surface area contributed by atoms with Gasteiger partial charge in [-0.2, -0.15) is 5.10 Å². The zero-order valence-electron chi connectivity index (χ0n) is 12.2. The zero-order chi connectivity index (χ0) is 13.2. The first-order valence-electron chi connectivity index (χ1n) is 7.66. The van der Waals surface area contributed by atoms with Crippen molar-refractivity contribution in [3.8, 4) is 0 Å². The van der Waals surface area contributed by atoms with E-state index in [0.717, 1.165) is 24.2 Å². The Balaban J connectivity index is 1.43. The lowest BCUT2D eigenvalue weighted by Gasteiger charge is -2.32. The maximum atomic E-state index is 4.43. The average molecular weight is 262 g/mol. The summed E-state index contributed by atoms with van der Waals surface area (Å²) in [6.45, 7) is 6.84. The van der Waals surface area contributed by atoms with Crippen LogP contribution in [0.5, 0.6) is 0 Å². The molecule has 106 valence electrons. The molecule has 0 bridgehead atoms. The minimum Gasteiger partial charge on any atom is -0.314 e. The number of piperidine rings is 1. The highest BCUT2D eigenvalue weighted by molar-refractivity contribution is 5.08. The van der Waals surface area contributed by atoms with Gasteiger partial charge in [-0.05, 0) is 64.2 Å². The van der Waals surface area contributed by atoms with Crippen LogP contribution in [0.2, 0.25) is 0 Å². The lowest BCUT2D eigenvalue weighted by Crippen LogP contribution is -2.37. The van der Waals surface area contributed by atoms with Gasteiger partial charge in [0.2, 0.25) is 0 Å². The Morgan fingerprint density at radius 1 is 1.26 bits per heavy atom. The van der Waals surface area contributed by atoms with Gasteiger partial charge in [-0.3, -0.25) is 9.58 Å². The third-order valence-electron chi connectivity index (χ3n) is 4.46. The molecule has 1 aliphatic carbocycles. The smallest absolute Gasteiger partial charge is 0.0597 e. The van der Waals surface area contributed by atoms with Crippen LogP contribution in [0, 0.1) is 12.8 Å². The summed E-state index contributed by atoms with van der Waals surface area (Å²) in [5.41, 5.74) is 2.47. The summed E-state index contributed by atoms with van der Waals surface area (Å²) >= 11 is 0. The Kier molecular flexibility index (Phi) is 3.89. The molecule has 2 fully saturated rings. The third kappa shape index (κ3) is 3.57. The lowest BCUT2D eigenvalue weighted by atomic mass is 9.96. The van der Waals surface area contributed by atoms with Gasteiger partial charge in [-0.25, -0.2) is 0 Å². The van der Waals surface area contributed by atoms with Gasteiger partial charge in [0.25, 0.3) is 0 Å². The Labute approximate surface area is 116 Å². The molecule has 0 unspecified atom stereocenters. The number of aryl methyl sites for hydroxylation is 2. The zero-order valence-corrected chi connectivity index (χ0v) is 12.2. The molecule has 1 saturated carbocycles. The van der Waals surface area contributed by atoms with Gasteiger partial charge in [0.1, 0.15) is 0 Å². The van der Waals surface area contributed by atoms with Crippen LogP contribution in [0.3, 0.4) is 0 Å². The van der Waals surface area contributed by atoms with Crippen molar-refractivity contribution in [3.63, 3.8) is 0 Å².